The minimum absolute atomic E-state index is 0.585. The highest BCUT2D eigenvalue weighted by Crippen LogP contribution is 2.60. The van der Waals surface area contributed by atoms with E-state index in [1.807, 2.05) is 0 Å². The predicted octanol–water partition coefficient (Wildman–Crippen LogP) is 16.6. The zero-order valence-corrected chi connectivity index (χ0v) is 37.3. The van der Waals surface area contributed by atoms with E-state index < -0.39 is 5.41 Å². The first-order chi connectivity index (χ1) is 33.1. The average Bonchev–Trinajstić information content (AvgIpc) is 3.99. The molecule has 2 heteroatoms. The highest BCUT2D eigenvalue weighted by molar-refractivity contribution is 6.23. The molecular formula is C65H44N2. The fourth-order valence-electron chi connectivity index (χ4n) is 12.5. The highest BCUT2D eigenvalue weighted by Gasteiger charge is 2.47. The van der Waals surface area contributed by atoms with Gasteiger partial charge in [0.05, 0.1) is 16.4 Å². The molecular weight excluding hydrogens is 809 g/mol. The normalized spacial score (nSPS) is 13.0. The van der Waals surface area contributed by atoms with Gasteiger partial charge in [-0.1, -0.05) is 212 Å². The van der Waals surface area contributed by atoms with Gasteiger partial charge in [0.15, 0.2) is 0 Å². The molecule has 0 amide bonds. The summed E-state index contributed by atoms with van der Waals surface area (Å²) in [6, 6.07) is 86.5. The van der Waals surface area contributed by atoms with Crippen molar-refractivity contribution < 1.29 is 0 Å². The van der Waals surface area contributed by atoms with E-state index >= 15 is 0 Å². The van der Waals surface area contributed by atoms with E-state index in [2.05, 4.69) is 254 Å². The van der Waals surface area contributed by atoms with Crippen LogP contribution in [0.1, 0.15) is 22.3 Å². The summed E-state index contributed by atoms with van der Waals surface area (Å²) in [4.78, 5) is 0. The zero-order valence-electron chi connectivity index (χ0n) is 37.3. The number of aryl methyl sites for hydroxylation is 2. The Hall–Kier alpha value is -8.46. The van der Waals surface area contributed by atoms with Crippen LogP contribution in [0, 0.1) is 0 Å². The van der Waals surface area contributed by atoms with Crippen LogP contribution >= 0.6 is 0 Å². The number of hydrogen-bond donors (Lipinski definition) is 0. The summed E-state index contributed by atoms with van der Waals surface area (Å²) in [7, 11) is 4.45. The third-order valence-corrected chi connectivity index (χ3v) is 15.2. The lowest BCUT2D eigenvalue weighted by molar-refractivity contribution is 0.770. The van der Waals surface area contributed by atoms with E-state index in [0.29, 0.717) is 0 Å². The molecule has 14 rings (SSSR count). The molecule has 0 saturated carbocycles. The topological polar surface area (TPSA) is 9.86 Å². The third kappa shape index (κ3) is 5.10. The summed E-state index contributed by atoms with van der Waals surface area (Å²) < 4.78 is 4.78. The lowest BCUT2D eigenvalue weighted by atomic mass is 9.65. The smallest absolute Gasteiger partial charge is 0.0719 e. The largest absolute Gasteiger partial charge is 0.343 e. The Morgan fingerprint density at radius 1 is 0.284 bits per heavy atom. The quantitative estimate of drug-likeness (QED) is 0.153. The maximum absolute atomic E-state index is 2.52. The van der Waals surface area contributed by atoms with Crippen molar-refractivity contribution in [2.75, 3.05) is 0 Å². The molecule has 11 aromatic carbocycles. The number of benzene rings is 11. The van der Waals surface area contributed by atoms with E-state index in [1.165, 1.54) is 132 Å². The maximum Gasteiger partial charge on any atom is 0.0719 e. The molecule has 0 fully saturated rings. The van der Waals surface area contributed by atoms with Crippen molar-refractivity contribution >= 4 is 65.2 Å². The molecule has 67 heavy (non-hydrogen) atoms. The first-order valence-electron chi connectivity index (χ1n) is 23.4. The van der Waals surface area contributed by atoms with Crippen LogP contribution in [0.15, 0.2) is 231 Å². The minimum atomic E-state index is -0.585. The first-order valence-corrected chi connectivity index (χ1v) is 23.4. The molecule has 1 aliphatic carbocycles. The van der Waals surface area contributed by atoms with Crippen LogP contribution in [-0.2, 0) is 19.5 Å². The Kier molecular flexibility index (Phi) is 8.06. The molecule has 0 atom stereocenters. The van der Waals surface area contributed by atoms with Crippen molar-refractivity contribution in [3.8, 4) is 44.5 Å². The van der Waals surface area contributed by atoms with Gasteiger partial charge in [-0.25, -0.2) is 0 Å². The standard InChI is InChI=1S/C65H44N2/c1-66-59-38-13-10-25-46(59)53-34-18-32-51(63(53)66)43-27-15-29-48-56(43)40-57-44(52-33-19-35-54-47-26-11-14-39-60(47)67(2)64(52)54)28-16-30-49(57)61(48)55-36-17-31-50-45-24-9-12-37-58(45)65(62(50)55,41-20-5-3-6-21-41)42-22-7-4-8-23-42/h3-40H,1-2H3. The Bertz CT molecular complexity index is 3950. The van der Waals surface area contributed by atoms with Crippen LogP contribution in [0.2, 0.25) is 0 Å². The van der Waals surface area contributed by atoms with Gasteiger partial charge < -0.3 is 9.13 Å². The molecule has 0 radical (unpaired) electrons. The molecule has 1 aliphatic rings. The van der Waals surface area contributed by atoms with Gasteiger partial charge in [0.1, 0.15) is 0 Å². The van der Waals surface area contributed by atoms with E-state index in [1.54, 1.807) is 0 Å². The molecule has 13 aromatic rings. The van der Waals surface area contributed by atoms with Crippen LogP contribution in [0.3, 0.4) is 0 Å². The molecule has 0 N–H and O–H groups in total. The highest BCUT2D eigenvalue weighted by atomic mass is 14.9. The Morgan fingerprint density at radius 3 is 1.22 bits per heavy atom. The van der Waals surface area contributed by atoms with Crippen LogP contribution in [0.25, 0.3) is 110 Å². The molecule has 0 saturated heterocycles. The lowest BCUT2D eigenvalue weighted by Crippen LogP contribution is -2.29. The summed E-state index contributed by atoms with van der Waals surface area (Å²) >= 11 is 0. The van der Waals surface area contributed by atoms with Gasteiger partial charge in [-0.2, -0.15) is 0 Å². The van der Waals surface area contributed by atoms with Crippen LogP contribution in [-0.4, -0.2) is 9.13 Å². The van der Waals surface area contributed by atoms with Gasteiger partial charge in [-0.3, -0.25) is 0 Å². The van der Waals surface area contributed by atoms with E-state index in [4.69, 9.17) is 0 Å². The number of rotatable bonds is 5. The van der Waals surface area contributed by atoms with Crippen molar-refractivity contribution in [3.05, 3.63) is 253 Å². The SMILES string of the molecule is Cn1c2ccccc2c2cccc(-c3cccc4c(-c5cccc6c5C(c5ccccc5)(c5ccccc5)c5ccccc5-6)c5cccc(-c6cccc7c8ccccc8n(C)c67)c5cc34)c21. The molecule has 2 nitrogen and oxygen atoms in total. The van der Waals surface area contributed by atoms with Crippen molar-refractivity contribution in [2.24, 2.45) is 14.1 Å². The fraction of sp³-hybridized carbons (Fsp3) is 0.0462. The Labute approximate surface area is 389 Å². The zero-order chi connectivity index (χ0) is 44.4. The minimum Gasteiger partial charge on any atom is -0.343 e. The molecule has 0 unspecified atom stereocenters. The molecule has 2 aromatic heterocycles. The molecule has 0 bridgehead atoms. The second-order valence-corrected chi connectivity index (χ2v) is 18.4. The van der Waals surface area contributed by atoms with E-state index in [9.17, 15) is 0 Å². The Morgan fingerprint density at radius 2 is 0.672 bits per heavy atom. The van der Waals surface area contributed by atoms with Crippen LogP contribution in [0.4, 0.5) is 0 Å². The second-order valence-electron chi connectivity index (χ2n) is 18.4. The molecule has 314 valence electrons. The number of hydrogen-bond acceptors (Lipinski definition) is 0. The van der Waals surface area contributed by atoms with Gasteiger partial charge in [0.2, 0.25) is 0 Å². The monoisotopic (exact) mass is 852 g/mol. The van der Waals surface area contributed by atoms with Crippen molar-refractivity contribution in [1.82, 2.24) is 9.13 Å². The van der Waals surface area contributed by atoms with Gasteiger partial charge in [-0.05, 0) is 95.4 Å². The fourth-order valence-corrected chi connectivity index (χ4v) is 12.5. The lowest BCUT2D eigenvalue weighted by Gasteiger charge is -2.35. The predicted molar refractivity (Wildman–Crippen MR) is 283 cm³/mol. The molecule has 2 heterocycles. The molecule has 0 spiro atoms. The van der Waals surface area contributed by atoms with Gasteiger partial charge in [0, 0.05) is 57.8 Å². The summed E-state index contributed by atoms with van der Waals surface area (Å²) in [5.74, 6) is 0. The van der Waals surface area contributed by atoms with Crippen LogP contribution in [0.5, 0.6) is 0 Å². The number of aromatic nitrogens is 2. The number of nitrogens with zero attached hydrogens (tertiary/aromatic N) is 2. The van der Waals surface area contributed by atoms with Crippen molar-refractivity contribution in [1.29, 1.82) is 0 Å². The van der Waals surface area contributed by atoms with Gasteiger partial charge in [-0.15, -0.1) is 0 Å². The van der Waals surface area contributed by atoms with E-state index in [0.717, 1.165) is 0 Å². The summed E-state index contributed by atoms with van der Waals surface area (Å²) in [5.41, 5.74) is 19.5. The summed E-state index contributed by atoms with van der Waals surface area (Å²) in [6.07, 6.45) is 0. The number of fused-ring (bicyclic) bond motifs is 11. The van der Waals surface area contributed by atoms with Gasteiger partial charge in [0.25, 0.3) is 0 Å². The first kappa shape index (κ1) is 37.9. The van der Waals surface area contributed by atoms with Crippen molar-refractivity contribution in [3.63, 3.8) is 0 Å². The molecule has 0 aliphatic heterocycles. The number of para-hydroxylation sites is 4. The maximum atomic E-state index is 2.52. The second kappa shape index (κ2) is 14.3. The third-order valence-electron chi connectivity index (χ3n) is 15.2. The van der Waals surface area contributed by atoms with E-state index in [-0.39, 0.29) is 0 Å². The van der Waals surface area contributed by atoms with Gasteiger partial charge >= 0.3 is 0 Å². The summed E-state index contributed by atoms with van der Waals surface area (Å²) in [6.45, 7) is 0. The van der Waals surface area contributed by atoms with Crippen LogP contribution < -0.4 is 0 Å². The van der Waals surface area contributed by atoms with Crippen molar-refractivity contribution in [2.45, 2.75) is 5.41 Å². The Balaban J connectivity index is 1.17. The average molecular weight is 853 g/mol. The summed E-state index contributed by atoms with van der Waals surface area (Å²) in [5, 5.41) is 10.0.